The smallest absolute Gasteiger partial charge is 0.227 e. The fourth-order valence-corrected chi connectivity index (χ4v) is 3.61. The number of hydrogen-bond donors (Lipinski definition) is 2. The quantitative estimate of drug-likeness (QED) is 0.687. The van der Waals surface area contributed by atoms with Crippen molar-refractivity contribution in [3.63, 3.8) is 0 Å². The van der Waals surface area contributed by atoms with Gasteiger partial charge in [0.2, 0.25) is 12.3 Å². The van der Waals surface area contributed by atoms with Crippen LogP contribution in [0.4, 0.5) is 5.69 Å². The van der Waals surface area contributed by atoms with Gasteiger partial charge in [-0.25, -0.2) is 0 Å². The second kappa shape index (κ2) is 9.48. The van der Waals surface area contributed by atoms with E-state index < -0.39 is 0 Å². The molecule has 0 spiro atoms. The van der Waals surface area contributed by atoms with E-state index in [1.54, 1.807) is 17.0 Å². The molecule has 0 aliphatic carbocycles. The summed E-state index contributed by atoms with van der Waals surface area (Å²) in [7, 11) is 1.84. The molecule has 1 unspecified atom stereocenters. The average Bonchev–Trinajstić information content (AvgIpc) is 3.13. The zero-order valence-corrected chi connectivity index (χ0v) is 16.1. The molecule has 6 heteroatoms. The van der Waals surface area contributed by atoms with Crippen LogP contribution >= 0.6 is 0 Å². The van der Waals surface area contributed by atoms with E-state index in [2.05, 4.69) is 10.2 Å². The molecule has 0 bridgehead atoms. The molecule has 6 nitrogen and oxygen atoms in total. The number of likely N-dealkylation sites (tertiary alicyclic amines) is 1. The number of β-amino-alcohol motifs (C(OH)–C–C–N with tert-alkyl or cyclic N) is 1. The number of carbonyl (C=O) groups is 2. The van der Waals surface area contributed by atoms with E-state index in [0.717, 1.165) is 24.1 Å². The Morgan fingerprint density at radius 2 is 1.96 bits per heavy atom. The van der Waals surface area contributed by atoms with Crippen molar-refractivity contribution in [2.24, 2.45) is 0 Å². The maximum absolute atomic E-state index is 13.0. The summed E-state index contributed by atoms with van der Waals surface area (Å²) in [4.78, 5) is 27.5. The number of anilines is 1. The van der Waals surface area contributed by atoms with Crippen molar-refractivity contribution in [1.82, 2.24) is 9.80 Å². The van der Waals surface area contributed by atoms with Gasteiger partial charge in [0.05, 0.1) is 18.6 Å². The molecule has 2 amide bonds. The van der Waals surface area contributed by atoms with Crippen molar-refractivity contribution in [2.45, 2.75) is 25.0 Å². The minimum atomic E-state index is -0.282. The SMILES string of the molecule is CN(C(=O)Cc1ccc(NC=O)cc1)[C@H](CN1CCC(O)C1)c1ccccc1. The Hall–Kier alpha value is -2.70. The predicted molar refractivity (Wildman–Crippen MR) is 109 cm³/mol. The van der Waals surface area contributed by atoms with Gasteiger partial charge in [-0.1, -0.05) is 42.5 Å². The molecule has 1 aliphatic heterocycles. The third kappa shape index (κ3) is 5.18. The minimum Gasteiger partial charge on any atom is -0.392 e. The molecule has 28 heavy (non-hydrogen) atoms. The third-order valence-corrected chi connectivity index (χ3v) is 5.26. The van der Waals surface area contributed by atoms with E-state index in [0.29, 0.717) is 31.6 Å². The fraction of sp³-hybridized carbons (Fsp3) is 0.364. The van der Waals surface area contributed by atoms with Crippen LogP contribution in [0.25, 0.3) is 0 Å². The van der Waals surface area contributed by atoms with E-state index in [1.165, 1.54) is 0 Å². The number of nitrogens with one attached hydrogen (secondary N) is 1. The lowest BCUT2D eigenvalue weighted by molar-refractivity contribution is -0.131. The maximum atomic E-state index is 13.0. The van der Waals surface area contributed by atoms with Gasteiger partial charge in [0, 0.05) is 32.4 Å². The summed E-state index contributed by atoms with van der Waals surface area (Å²) in [5.74, 6) is 0.0321. The van der Waals surface area contributed by atoms with Crippen LogP contribution in [-0.4, -0.2) is 60.0 Å². The molecule has 2 atom stereocenters. The molecule has 2 N–H and O–H groups in total. The highest BCUT2D eigenvalue weighted by atomic mass is 16.3. The number of carbonyl (C=O) groups excluding carboxylic acids is 2. The van der Waals surface area contributed by atoms with Crippen LogP contribution in [0.1, 0.15) is 23.6 Å². The van der Waals surface area contributed by atoms with Crippen LogP contribution < -0.4 is 5.32 Å². The standard InChI is InChI=1S/C22H27N3O3/c1-24(22(28)13-17-7-9-19(10-8-17)23-16-26)21(18-5-3-2-4-6-18)15-25-12-11-20(27)14-25/h2-10,16,20-21,27H,11-15H2,1H3,(H,23,26)/t20?,21-/m1/s1. The second-order valence-corrected chi connectivity index (χ2v) is 7.27. The first-order chi connectivity index (χ1) is 13.6. The molecule has 0 aromatic heterocycles. The van der Waals surface area contributed by atoms with Gasteiger partial charge in [0.25, 0.3) is 0 Å². The Labute approximate surface area is 165 Å². The largest absolute Gasteiger partial charge is 0.392 e. The molecule has 0 saturated carbocycles. The molecule has 1 aliphatic rings. The lowest BCUT2D eigenvalue weighted by atomic mass is 10.0. The first kappa shape index (κ1) is 20.0. The Balaban J connectivity index is 1.71. The number of amides is 2. The van der Waals surface area contributed by atoms with Gasteiger partial charge in [0.15, 0.2) is 0 Å². The van der Waals surface area contributed by atoms with E-state index >= 15 is 0 Å². The summed E-state index contributed by atoms with van der Waals surface area (Å²) >= 11 is 0. The summed E-state index contributed by atoms with van der Waals surface area (Å²) in [6.45, 7) is 2.19. The first-order valence-electron chi connectivity index (χ1n) is 9.57. The fourth-order valence-electron chi connectivity index (χ4n) is 3.61. The number of aliphatic hydroxyl groups is 1. The molecule has 2 aromatic carbocycles. The molecule has 1 heterocycles. The number of rotatable bonds is 8. The zero-order valence-electron chi connectivity index (χ0n) is 16.1. The van der Waals surface area contributed by atoms with Gasteiger partial charge in [-0.05, 0) is 29.7 Å². The van der Waals surface area contributed by atoms with Crippen molar-refractivity contribution < 1.29 is 14.7 Å². The van der Waals surface area contributed by atoms with Crippen molar-refractivity contribution in [3.05, 3.63) is 65.7 Å². The van der Waals surface area contributed by atoms with Crippen molar-refractivity contribution in [2.75, 3.05) is 32.0 Å². The van der Waals surface area contributed by atoms with Gasteiger partial charge < -0.3 is 15.3 Å². The summed E-state index contributed by atoms with van der Waals surface area (Å²) in [6, 6.07) is 17.2. The Morgan fingerprint density at radius 3 is 2.57 bits per heavy atom. The Kier molecular flexibility index (Phi) is 6.79. The summed E-state index contributed by atoms with van der Waals surface area (Å²) in [5.41, 5.74) is 2.69. The Bertz CT molecular complexity index is 779. The first-order valence-corrected chi connectivity index (χ1v) is 9.57. The van der Waals surface area contributed by atoms with Gasteiger partial charge >= 0.3 is 0 Å². The maximum Gasteiger partial charge on any atom is 0.227 e. The van der Waals surface area contributed by atoms with Gasteiger partial charge in [-0.3, -0.25) is 14.5 Å². The predicted octanol–water partition coefficient (Wildman–Crippen LogP) is 2.06. The van der Waals surface area contributed by atoms with Gasteiger partial charge in [-0.15, -0.1) is 0 Å². The van der Waals surface area contributed by atoms with Crippen LogP contribution in [0, 0.1) is 0 Å². The van der Waals surface area contributed by atoms with Crippen molar-refractivity contribution in [3.8, 4) is 0 Å². The number of likely N-dealkylation sites (N-methyl/N-ethyl adjacent to an activating group) is 1. The van der Waals surface area contributed by atoms with E-state index in [-0.39, 0.29) is 18.1 Å². The molecule has 148 valence electrons. The molecular weight excluding hydrogens is 354 g/mol. The average molecular weight is 381 g/mol. The highest BCUT2D eigenvalue weighted by Gasteiger charge is 2.28. The molecular formula is C22H27N3O3. The zero-order chi connectivity index (χ0) is 19.9. The summed E-state index contributed by atoms with van der Waals surface area (Å²) < 4.78 is 0. The van der Waals surface area contributed by atoms with Crippen molar-refractivity contribution in [1.29, 1.82) is 0 Å². The van der Waals surface area contributed by atoms with Crippen LogP contribution in [0.2, 0.25) is 0 Å². The van der Waals surface area contributed by atoms with E-state index in [4.69, 9.17) is 0 Å². The summed E-state index contributed by atoms with van der Waals surface area (Å²) in [6.07, 6.45) is 1.42. The van der Waals surface area contributed by atoms with Crippen LogP contribution in [0.15, 0.2) is 54.6 Å². The normalized spacial score (nSPS) is 17.9. The van der Waals surface area contributed by atoms with Gasteiger partial charge in [-0.2, -0.15) is 0 Å². The van der Waals surface area contributed by atoms with Gasteiger partial charge in [0.1, 0.15) is 0 Å². The lowest BCUT2D eigenvalue weighted by Gasteiger charge is -2.32. The van der Waals surface area contributed by atoms with E-state index in [1.807, 2.05) is 49.5 Å². The molecule has 0 radical (unpaired) electrons. The topological polar surface area (TPSA) is 72.9 Å². The molecule has 2 aromatic rings. The molecule has 1 fully saturated rings. The second-order valence-electron chi connectivity index (χ2n) is 7.27. The number of aliphatic hydroxyl groups excluding tert-OH is 1. The van der Waals surface area contributed by atoms with Crippen molar-refractivity contribution >= 4 is 18.0 Å². The Morgan fingerprint density at radius 1 is 1.25 bits per heavy atom. The molecule has 3 rings (SSSR count). The highest BCUT2D eigenvalue weighted by Crippen LogP contribution is 2.24. The molecule has 1 saturated heterocycles. The van der Waals surface area contributed by atoms with Crippen LogP contribution in [0.3, 0.4) is 0 Å². The van der Waals surface area contributed by atoms with Crippen LogP contribution in [0.5, 0.6) is 0 Å². The van der Waals surface area contributed by atoms with Crippen LogP contribution in [-0.2, 0) is 16.0 Å². The monoisotopic (exact) mass is 381 g/mol. The highest BCUT2D eigenvalue weighted by molar-refractivity contribution is 5.79. The number of nitrogens with zero attached hydrogens (tertiary/aromatic N) is 2. The third-order valence-electron chi connectivity index (χ3n) is 5.26. The lowest BCUT2D eigenvalue weighted by Crippen LogP contribution is -2.39. The minimum absolute atomic E-state index is 0.0321. The number of benzene rings is 2. The number of hydrogen-bond acceptors (Lipinski definition) is 4. The van der Waals surface area contributed by atoms with E-state index in [9.17, 15) is 14.7 Å². The summed E-state index contributed by atoms with van der Waals surface area (Å²) in [5, 5.41) is 12.4.